The van der Waals surface area contributed by atoms with E-state index in [1.807, 2.05) is 68.4 Å². The van der Waals surface area contributed by atoms with Gasteiger partial charge in [-0.1, -0.05) is 37.6 Å². The van der Waals surface area contributed by atoms with Gasteiger partial charge in [0.1, 0.15) is 11.3 Å². The molecule has 0 amide bonds. The van der Waals surface area contributed by atoms with E-state index in [4.69, 9.17) is 20.4 Å². The first-order chi connectivity index (χ1) is 12.3. The Bertz CT molecular complexity index is 924. The van der Waals surface area contributed by atoms with E-state index in [-0.39, 0.29) is 0 Å². The molecule has 0 aliphatic rings. The average Bonchev–Trinajstić information content (AvgIpc) is 3.32. The van der Waals surface area contributed by atoms with Crippen LogP contribution in [0.5, 0.6) is 0 Å². The highest BCUT2D eigenvalue weighted by Gasteiger charge is 2.09. The van der Waals surface area contributed by atoms with Crippen LogP contribution >= 0.6 is 11.6 Å². The number of aromatic nitrogens is 1. The molecular weight excluding hydrogens is 334 g/mol. The number of benzene rings is 2. The largest absolute Gasteiger partial charge is 0.464 e. The molecule has 2 aromatic carbocycles. The number of aryl methyl sites for hydroxylation is 2. The van der Waals surface area contributed by atoms with Gasteiger partial charge in [0.05, 0.1) is 6.26 Å². The normalized spacial score (nSPS) is 10.5. The fourth-order valence-corrected chi connectivity index (χ4v) is 2.71. The lowest BCUT2D eigenvalue weighted by molar-refractivity contribution is 0.528. The minimum Gasteiger partial charge on any atom is -0.464 e. The molecule has 2 aromatic heterocycles. The summed E-state index contributed by atoms with van der Waals surface area (Å²) in [6, 6.07) is 17.6. The summed E-state index contributed by atoms with van der Waals surface area (Å²) in [5.74, 6) is 1.57. The molecule has 2 heterocycles. The third kappa shape index (κ3) is 4.12. The summed E-state index contributed by atoms with van der Waals surface area (Å²) >= 11 is 5.90. The van der Waals surface area contributed by atoms with Crippen LogP contribution in [0.3, 0.4) is 0 Å². The van der Waals surface area contributed by atoms with Crippen LogP contribution in [0.4, 0.5) is 0 Å². The van der Waals surface area contributed by atoms with E-state index < -0.39 is 0 Å². The number of halogens is 1. The SMILES string of the molecule is CC.Clc1ccc(CCc2nc3cc(-c4ccco4)ccc3o2)cc1. The van der Waals surface area contributed by atoms with Crippen molar-refractivity contribution in [2.75, 3.05) is 0 Å². The van der Waals surface area contributed by atoms with Crippen LogP contribution < -0.4 is 0 Å². The van der Waals surface area contributed by atoms with Crippen LogP contribution in [-0.2, 0) is 12.8 Å². The molecule has 0 radical (unpaired) electrons. The summed E-state index contributed by atoms with van der Waals surface area (Å²) in [6.45, 7) is 4.00. The average molecular weight is 354 g/mol. The summed E-state index contributed by atoms with van der Waals surface area (Å²) in [5.41, 5.74) is 3.87. The first kappa shape index (κ1) is 17.3. The van der Waals surface area contributed by atoms with E-state index in [0.29, 0.717) is 0 Å². The van der Waals surface area contributed by atoms with Crippen LogP contribution in [0.15, 0.2) is 69.7 Å². The number of hydrogen-bond acceptors (Lipinski definition) is 3. The van der Waals surface area contributed by atoms with E-state index in [2.05, 4.69) is 4.98 Å². The number of fused-ring (bicyclic) bond motifs is 1. The highest BCUT2D eigenvalue weighted by Crippen LogP contribution is 2.25. The molecule has 3 nitrogen and oxygen atoms in total. The number of furan rings is 1. The molecule has 0 N–H and O–H groups in total. The quantitative estimate of drug-likeness (QED) is 0.417. The molecule has 4 heteroatoms. The maximum absolute atomic E-state index is 5.90. The third-order valence-electron chi connectivity index (χ3n) is 3.78. The summed E-state index contributed by atoms with van der Waals surface area (Å²) in [6.07, 6.45) is 3.29. The van der Waals surface area contributed by atoms with Crippen molar-refractivity contribution in [2.24, 2.45) is 0 Å². The summed E-state index contributed by atoms with van der Waals surface area (Å²) in [5, 5.41) is 0.751. The van der Waals surface area contributed by atoms with Crippen LogP contribution in [0.2, 0.25) is 5.02 Å². The van der Waals surface area contributed by atoms with Crippen LogP contribution in [0.1, 0.15) is 25.3 Å². The summed E-state index contributed by atoms with van der Waals surface area (Å²) in [4.78, 5) is 4.58. The van der Waals surface area contributed by atoms with E-state index in [1.165, 1.54) is 5.56 Å². The minimum absolute atomic E-state index is 0.742. The molecule has 0 aliphatic heterocycles. The minimum atomic E-state index is 0.742. The molecule has 25 heavy (non-hydrogen) atoms. The fourth-order valence-electron chi connectivity index (χ4n) is 2.58. The predicted molar refractivity (Wildman–Crippen MR) is 102 cm³/mol. The van der Waals surface area contributed by atoms with Gasteiger partial charge >= 0.3 is 0 Å². The molecule has 0 saturated heterocycles. The van der Waals surface area contributed by atoms with Gasteiger partial charge in [0, 0.05) is 17.0 Å². The lowest BCUT2D eigenvalue weighted by Gasteiger charge is -1.98. The predicted octanol–water partition coefficient (Wildman–Crippen LogP) is 6.55. The summed E-state index contributed by atoms with van der Waals surface area (Å²) < 4.78 is 11.2. The molecule has 0 atom stereocenters. The first-order valence-electron chi connectivity index (χ1n) is 8.46. The Morgan fingerprint density at radius 2 is 1.76 bits per heavy atom. The van der Waals surface area contributed by atoms with Crippen LogP contribution in [-0.4, -0.2) is 4.98 Å². The smallest absolute Gasteiger partial charge is 0.195 e. The van der Waals surface area contributed by atoms with Crippen molar-refractivity contribution in [3.05, 3.63) is 77.3 Å². The van der Waals surface area contributed by atoms with Gasteiger partial charge in [-0.25, -0.2) is 4.98 Å². The Morgan fingerprint density at radius 3 is 2.48 bits per heavy atom. The van der Waals surface area contributed by atoms with Gasteiger partial charge in [-0.15, -0.1) is 0 Å². The number of rotatable bonds is 4. The first-order valence-corrected chi connectivity index (χ1v) is 8.83. The fraction of sp³-hybridized carbons (Fsp3) is 0.190. The molecule has 128 valence electrons. The van der Waals surface area contributed by atoms with Crippen LogP contribution in [0, 0.1) is 0 Å². The molecule has 0 unspecified atom stereocenters. The highest BCUT2D eigenvalue weighted by atomic mass is 35.5. The molecule has 0 saturated carbocycles. The second-order valence-corrected chi connectivity index (χ2v) is 5.83. The molecule has 0 aliphatic carbocycles. The standard InChI is InChI=1S/C19H14ClNO2.C2H6/c20-15-7-3-13(4-8-15)5-10-19-21-16-12-14(6-9-18(16)23-19)17-2-1-11-22-17;1-2/h1-4,6-9,11-12H,5,10H2;1-2H3. The molecule has 4 rings (SSSR count). The Labute approximate surface area is 152 Å². The van der Waals surface area contributed by atoms with Gasteiger partial charge < -0.3 is 8.83 Å². The third-order valence-corrected chi connectivity index (χ3v) is 4.03. The van der Waals surface area contributed by atoms with Crippen molar-refractivity contribution >= 4 is 22.7 Å². The molecular formula is C21H20ClNO2. The number of oxazole rings is 1. The second kappa shape index (κ2) is 8.04. The lowest BCUT2D eigenvalue weighted by atomic mass is 10.1. The van der Waals surface area contributed by atoms with Crippen molar-refractivity contribution < 1.29 is 8.83 Å². The zero-order valence-corrected chi connectivity index (χ0v) is 15.1. The molecule has 0 bridgehead atoms. The zero-order valence-electron chi connectivity index (χ0n) is 14.3. The molecule has 4 aromatic rings. The summed E-state index contributed by atoms with van der Waals surface area (Å²) in [7, 11) is 0. The Kier molecular flexibility index (Phi) is 5.56. The lowest BCUT2D eigenvalue weighted by Crippen LogP contribution is -1.90. The molecule has 0 fully saturated rings. The number of nitrogens with zero attached hydrogens (tertiary/aromatic N) is 1. The second-order valence-electron chi connectivity index (χ2n) is 5.39. The van der Waals surface area contributed by atoms with Gasteiger partial charge in [0.25, 0.3) is 0 Å². The van der Waals surface area contributed by atoms with Gasteiger partial charge in [-0.05, 0) is 54.4 Å². The molecule has 0 spiro atoms. The van der Waals surface area contributed by atoms with Crippen molar-refractivity contribution in [1.82, 2.24) is 4.98 Å². The Morgan fingerprint density at radius 1 is 0.960 bits per heavy atom. The maximum Gasteiger partial charge on any atom is 0.195 e. The van der Waals surface area contributed by atoms with Crippen molar-refractivity contribution in [1.29, 1.82) is 0 Å². The monoisotopic (exact) mass is 353 g/mol. The highest BCUT2D eigenvalue weighted by molar-refractivity contribution is 6.30. The zero-order chi connectivity index (χ0) is 17.6. The van der Waals surface area contributed by atoms with Gasteiger partial charge in [-0.2, -0.15) is 0 Å². The van der Waals surface area contributed by atoms with Crippen LogP contribution in [0.25, 0.3) is 22.4 Å². The van der Waals surface area contributed by atoms with E-state index >= 15 is 0 Å². The van der Waals surface area contributed by atoms with Gasteiger partial charge in [0.2, 0.25) is 0 Å². The van der Waals surface area contributed by atoms with Crippen molar-refractivity contribution in [2.45, 2.75) is 26.7 Å². The van der Waals surface area contributed by atoms with Crippen molar-refractivity contribution in [3.8, 4) is 11.3 Å². The maximum atomic E-state index is 5.90. The Balaban J connectivity index is 0.000000880. The topological polar surface area (TPSA) is 39.2 Å². The Hall–Kier alpha value is -2.52. The van der Waals surface area contributed by atoms with E-state index in [1.54, 1.807) is 6.26 Å². The van der Waals surface area contributed by atoms with E-state index in [0.717, 1.165) is 46.2 Å². The van der Waals surface area contributed by atoms with Gasteiger partial charge in [-0.3, -0.25) is 0 Å². The van der Waals surface area contributed by atoms with Crippen molar-refractivity contribution in [3.63, 3.8) is 0 Å². The van der Waals surface area contributed by atoms with E-state index in [9.17, 15) is 0 Å². The van der Waals surface area contributed by atoms with Gasteiger partial charge in [0.15, 0.2) is 11.5 Å². The number of hydrogen-bond donors (Lipinski definition) is 0.